The van der Waals surface area contributed by atoms with Crippen LogP contribution in [0.1, 0.15) is 24.4 Å². The Morgan fingerprint density at radius 3 is 3.11 bits per heavy atom. The molecule has 104 valence electrons. The number of hydrogen-bond acceptors (Lipinski definition) is 7. The summed E-state index contributed by atoms with van der Waals surface area (Å²) >= 11 is 1.57. The van der Waals surface area contributed by atoms with E-state index in [2.05, 4.69) is 15.3 Å². The van der Waals surface area contributed by atoms with Crippen molar-refractivity contribution in [1.29, 1.82) is 0 Å². The van der Waals surface area contributed by atoms with E-state index >= 15 is 0 Å². The van der Waals surface area contributed by atoms with Crippen LogP contribution < -0.4 is 5.32 Å². The van der Waals surface area contributed by atoms with Crippen LogP contribution in [0.5, 0.6) is 0 Å². The number of anilines is 1. The van der Waals surface area contributed by atoms with Gasteiger partial charge in [0.1, 0.15) is 29.2 Å². The van der Waals surface area contributed by atoms with Crippen molar-refractivity contribution in [3.05, 3.63) is 12.0 Å². The van der Waals surface area contributed by atoms with Crippen molar-refractivity contribution in [1.82, 2.24) is 9.55 Å². The van der Waals surface area contributed by atoms with Crippen molar-refractivity contribution in [2.24, 2.45) is 4.99 Å². The molecule has 0 amide bonds. The second-order valence-electron chi connectivity index (χ2n) is 4.54. The molecule has 1 aromatic heterocycles. The number of aromatic nitrogens is 2. The first kappa shape index (κ1) is 12.9. The van der Waals surface area contributed by atoms with Crippen molar-refractivity contribution in [2.45, 2.75) is 30.3 Å². The van der Waals surface area contributed by atoms with E-state index in [-0.39, 0.29) is 12.0 Å². The molecule has 2 aliphatic heterocycles. The van der Waals surface area contributed by atoms with Gasteiger partial charge in [-0.2, -0.15) is 0 Å². The summed E-state index contributed by atoms with van der Waals surface area (Å²) in [5.74, 6) is 0.625. The predicted molar refractivity (Wildman–Crippen MR) is 72.2 cm³/mol. The van der Waals surface area contributed by atoms with Crippen LogP contribution in [-0.2, 0) is 4.74 Å². The van der Waals surface area contributed by atoms with Gasteiger partial charge in [-0.05, 0) is 6.26 Å². The van der Waals surface area contributed by atoms with Gasteiger partial charge in [-0.15, -0.1) is 11.8 Å². The van der Waals surface area contributed by atoms with E-state index in [0.717, 1.165) is 0 Å². The molecule has 0 aromatic carbocycles. The van der Waals surface area contributed by atoms with Crippen molar-refractivity contribution in [2.75, 3.05) is 18.1 Å². The number of imidazole rings is 1. The first-order chi connectivity index (χ1) is 9.20. The zero-order valence-electron chi connectivity index (χ0n) is 10.4. The normalized spacial score (nSPS) is 33.8. The number of ether oxygens (including phenoxy) is 1. The van der Waals surface area contributed by atoms with E-state index in [9.17, 15) is 10.2 Å². The molecule has 4 atom stereocenters. The van der Waals surface area contributed by atoms with Gasteiger partial charge in [-0.25, -0.2) is 4.98 Å². The molecule has 3 heterocycles. The fourth-order valence-electron chi connectivity index (χ4n) is 2.32. The van der Waals surface area contributed by atoms with E-state index < -0.39 is 18.4 Å². The van der Waals surface area contributed by atoms with Crippen LogP contribution in [0.3, 0.4) is 0 Å². The van der Waals surface area contributed by atoms with E-state index in [1.54, 1.807) is 22.7 Å². The Morgan fingerprint density at radius 1 is 1.53 bits per heavy atom. The Bertz CT molecular complexity index is 492. The molecule has 8 heteroatoms. The number of fused-ring (bicyclic) bond motifs is 1. The van der Waals surface area contributed by atoms with Crippen molar-refractivity contribution >= 4 is 23.9 Å². The Hall–Kier alpha value is -1.09. The summed E-state index contributed by atoms with van der Waals surface area (Å²) in [4.78, 5) is 8.21. The molecule has 7 nitrogen and oxygen atoms in total. The van der Waals surface area contributed by atoms with Crippen LogP contribution in [0, 0.1) is 0 Å². The average molecular weight is 284 g/mol. The lowest BCUT2D eigenvalue weighted by Gasteiger charge is -2.19. The summed E-state index contributed by atoms with van der Waals surface area (Å²) in [7, 11) is 0. The maximum absolute atomic E-state index is 10.1. The number of aliphatic hydroxyl groups is 2. The van der Waals surface area contributed by atoms with E-state index in [0.29, 0.717) is 17.9 Å². The zero-order chi connectivity index (χ0) is 13.4. The second kappa shape index (κ2) is 5.12. The molecule has 0 radical (unpaired) electrons. The standard InChI is InChI=1S/C11H16N4O3S/c1-19-8-2-6(16)11(18-8)15-5-14-9-7(17)3-12-4-13-10(9)15/h4-8,11,16-17H,2-3H2,1H3,(H,12,13)/t6-,7+,8?,11?/m0/s1. The lowest BCUT2D eigenvalue weighted by Crippen LogP contribution is -2.20. The molecule has 2 aliphatic rings. The fraction of sp³-hybridized carbons (Fsp3) is 0.636. The van der Waals surface area contributed by atoms with Crippen molar-refractivity contribution < 1.29 is 14.9 Å². The monoisotopic (exact) mass is 284 g/mol. The van der Waals surface area contributed by atoms with Crippen LogP contribution in [-0.4, -0.2) is 50.4 Å². The highest BCUT2D eigenvalue weighted by atomic mass is 32.2. The molecule has 1 fully saturated rings. The van der Waals surface area contributed by atoms with Gasteiger partial charge < -0.3 is 20.3 Å². The maximum atomic E-state index is 10.1. The second-order valence-corrected chi connectivity index (χ2v) is 5.53. The summed E-state index contributed by atoms with van der Waals surface area (Å²) in [6.45, 7) is 0.276. The molecule has 3 N–H and O–H groups in total. The van der Waals surface area contributed by atoms with Crippen LogP contribution in [0.2, 0.25) is 0 Å². The Morgan fingerprint density at radius 2 is 2.37 bits per heavy atom. The van der Waals surface area contributed by atoms with Crippen LogP contribution in [0.25, 0.3) is 0 Å². The molecule has 3 rings (SSSR count). The third kappa shape index (κ3) is 2.25. The smallest absolute Gasteiger partial charge is 0.164 e. The number of hydrogen-bond donors (Lipinski definition) is 3. The van der Waals surface area contributed by atoms with E-state index in [1.165, 1.54) is 6.34 Å². The van der Waals surface area contributed by atoms with Crippen LogP contribution in [0.4, 0.5) is 5.82 Å². The predicted octanol–water partition coefficient (Wildman–Crippen LogP) is 0.339. The van der Waals surface area contributed by atoms with Crippen molar-refractivity contribution in [3.63, 3.8) is 0 Å². The van der Waals surface area contributed by atoms with Gasteiger partial charge in [0.15, 0.2) is 6.23 Å². The molecule has 1 saturated heterocycles. The highest BCUT2D eigenvalue weighted by Crippen LogP contribution is 2.37. The lowest BCUT2D eigenvalue weighted by atomic mass is 10.2. The summed E-state index contributed by atoms with van der Waals surface area (Å²) in [6.07, 6.45) is 3.82. The molecule has 19 heavy (non-hydrogen) atoms. The zero-order valence-corrected chi connectivity index (χ0v) is 11.2. The summed E-state index contributed by atoms with van der Waals surface area (Å²) in [5, 5.41) is 23.0. The number of thioether (sulfide) groups is 1. The first-order valence-electron chi connectivity index (χ1n) is 6.06. The molecule has 0 saturated carbocycles. The number of aliphatic imine (C=N–C) groups is 1. The van der Waals surface area contributed by atoms with Gasteiger partial charge in [0.05, 0.1) is 19.2 Å². The molecule has 0 spiro atoms. The largest absolute Gasteiger partial charge is 0.388 e. The fourth-order valence-corrected chi connectivity index (χ4v) is 2.94. The summed E-state index contributed by atoms with van der Waals surface area (Å²) in [6, 6.07) is 0. The molecule has 1 aromatic rings. The highest BCUT2D eigenvalue weighted by Gasteiger charge is 2.37. The molecule has 2 unspecified atom stereocenters. The third-order valence-corrected chi connectivity index (χ3v) is 4.13. The average Bonchev–Trinajstić information content (AvgIpc) is 2.92. The molecular formula is C11H16N4O3S. The van der Waals surface area contributed by atoms with Crippen LogP contribution in [0.15, 0.2) is 11.3 Å². The van der Waals surface area contributed by atoms with Gasteiger partial charge in [-0.1, -0.05) is 0 Å². The minimum absolute atomic E-state index is 0.0255. The molecule has 0 aliphatic carbocycles. The Balaban J connectivity index is 1.92. The summed E-state index contributed by atoms with van der Waals surface area (Å²) in [5.41, 5.74) is 0.503. The minimum Gasteiger partial charge on any atom is -0.388 e. The Labute approximate surface area is 114 Å². The van der Waals surface area contributed by atoms with Gasteiger partial charge in [0.2, 0.25) is 0 Å². The van der Waals surface area contributed by atoms with Gasteiger partial charge in [0, 0.05) is 6.42 Å². The maximum Gasteiger partial charge on any atom is 0.164 e. The number of aliphatic hydroxyl groups excluding tert-OH is 2. The Kier molecular flexibility index (Phi) is 3.48. The van der Waals surface area contributed by atoms with Crippen LogP contribution >= 0.6 is 11.8 Å². The van der Waals surface area contributed by atoms with E-state index in [4.69, 9.17) is 4.74 Å². The minimum atomic E-state index is -0.739. The molecule has 0 bridgehead atoms. The SMILES string of the molecule is CSC1C[C@H](O)C(n2cnc3c2NC=NC[C@H]3O)O1. The summed E-state index contributed by atoms with van der Waals surface area (Å²) < 4.78 is 7.50. The number of nitrogens with zero attached hydrogens (tertiary/aromatic N) is 3. The van der Waals surface area contributed by atoms with E-state index in [1.807, 2.05) is 6.26 Å². The topological polar surface area (TPSA) is 91.9 Å². The molecular weight excluding hydrogens is 268 g/mol. The third-order valence-electron chi connectivity index (χ3n) is 3.30. The van der Waals surface area contributed by atoms with Gasteiger partial charge in [0.25, 0.3) is 0 Å². The highest BCUT2D eigenvalue weighted by molar-refractivity contribution is 7.99. The number of nitrogens with one attached hydrogen (secondary N) is 1. The van der Waals surface area contributed by atoms with Gasteiger partial charge >= 0.3 is 0 Å². The quantitative estimate of drug-likeness (QED) is 0.725. The van der Waals surface area contributed by atoms with Crippen molar-refractivity contribution in [3.8, 4) is 0 Å². The lowest BCUT2D eigenvalue weighted by molar-refractivity contribution is -0.0147. The van der Waals surface area contributed by atoms with Gasteiger partial charge in [-0.3, -0.25) is 9.56 Å². The first-order valence-corrected chi connectivity index (χ1v) is 7.35. The number of rotatable bonds is 2.